The number of rotatable bonds is 6. The Morgan fingerprint density at radius 3 is 2.55 bits per heavy atom. The number of alkyl halides is 3. The second kappa shape index (κ2) is 6.38. The second-order valence-corrected chi connectivity index (χ2v) is 3.87. The molecule has 20 heavy (non-hydrogen) atoms. The lowest BCUT2D eigenvalue weighted by Gasteiger charge is -2.16. The number of aliphatic hydroxyl groups excluding tert-OH is 1. The number of benzene rings is 1. The van der Waals surface area contributed by atoms with Crippen LogP contribution in [-0.4, -0.2) is 28.8 Å². The highest BCUT2D eigenvalue weighted by atomic mass is 19.4. The lowest BCUT2D eigenvalue weighted by molar-refractivity contribution is -0.275. The standard InChI is InChI=1S/C12H11F3O5/c13-12(14,15)20-9-6-7(2-1-5-16)3-4-8(9)10(17)11(18)19/h3-6,10,17H,1-2H2,(H,18,19). The van der Waals surface area contributed by atoms with Gasteiger partial charge in [-0.3, -0.25) is 0 Å². The number of aliphatic carboxylic acids is 1. The molecule has 0 spiro atoms. The van der Waals surface area contributed by atoms with Crippen LogP contribution in [0.25, 0.3) is 0 Å². The topological polar surface area (TPSA) is 83.8 Å². The fraction of sp³-hybridized carbons (Fsp3) is 0.333. The average molecular weight is 292 g/mol. The van der Waals surface area contributed by atoms with Gasteiger partial charge in [0.25, 0.3) is 0 Å². The van der Waals surface area contributed by atoms with Crippen LogP contribution < -0.4 is 4.74 Å². The van der Waals surface area contributed by atoms with Crippen LogP contribution in [0.5, 0.6) is 5.75 Å². The van der Waals surface area contributed by atoms with Gasteiger partial charge in [0.15, 0.2) is 6.10 Å². The van der Waals surface area contributed by atoms with Crippen molar-refractivity contribution in [3.8, 4) is 5.75 Å². The average Bonchev–Trinajstić information content (AvgIpc) is 2.33. The third-order valence-corrected chi connectivity index (χ3v) is 2.38. The van der Waals surface area contributed by atoms with Gasteiger partial charge in [0.1, 0.15) is 12.0 Å². The molecule has 1 unspecified atom stereocenters. The van der Waals surface area contributed by atoms with Crippen molar-refractivity contribution < 1.29 is 37.7 Å². The van der Waals surface area contributed by atoms with E-state index in [1.54, 1.807) is 0 Å². The van der Waals surface area contributed by atoms with Crippen LogP contribution >= 0.6 is 0 Å². The maximum atomic E-state index is 12.3. The predicted octanol–water partition coefficient (Wildman–Crippen LogP) is 1.83. The summed E-state index contributed by atoms with van der Waals surface area (Å²) in [7, 11) is 0. The normalized spacial score (nSPS) is 12.8. The first-order chi connectivity index (χ1) is 9.24. The van der Waals surface area contributed by atoms with Crippen molar-refractivity contribution in [2.45, 2.75) is 25.3 Å². The van der Waals surface area contributed by atoms with E-state index >= 15 is 0 Å². The van der Waals surface area contributed by atoms with Gasteiger partial charge in [-0.25, -0.2) is 4.79 Å². The van der Waals surface area contributed by atoms with E-state index in [-0.39, 0.29) is 12.8 Å². The molecule has 1 aromatic carbocycles. The van der Waals surface area contributed by atoms with Crippen molar-refractivity contribution in [2.75, 3.05) is 0 Å². The lowest BCUT2D eigenvalue weighted by Crippen LogP contribution is -2.20. The summed E-state index contributed by atoms with van der Waals surface area (Å²) in [6.07, 6.45) is -6.26. The van der Waals surface area contributed by atoms with Gasteiger partial charge in [-0.2, -0.15) is 0 Å². The highest BCUT2D eigenvalue weighted by Crippen LogP contribution is 2.31. The zero-order valence-electron chi connectivity index (χ0n) is 10.1. The molecule has 2 N–H and O–H groups in total. The van der Waals surface area contributed by atoms with Crippen molar-refractivity contribution in [3.63, 3.8) is 0 Å². The Bertz CT molecular complexity index is 498. The molecule has 0 aromatic heterocycles. The van der Waals surface area contributed by atoms with Crippen molar-refractivity contribution in [2.24, 2.45) is 0 Å². The SMILES string of the molecule is O=CCCc1ccc(C(O)C(=O)O)c(OC(F)(F)F)c1. The van der Waals surface area contributed by atoms with E-state index in [0.29, 0.717) is 11.8 Å². The van der Waals surface area contributed by atoms with E-state index in [1.165, 1.54) is 6.07 Å². The molecule has 0 aliphatic carbocycles. The zero-order chi connectivity index (χ0) is 15.3. The fourth-order valence-corrected chi connectivity index (χ4v) is 1.53. The molecule has 0 amide bonds. The number of hydrogen-bond acceptors (Lipinski definition) is 4. The summed E-state index contributed by atoms with van der Waals surface area (Å²) < 4.78 is 40.5. The molecule has 0 heterocycles. The maximum absolute atomic E-state index is 12.3. The summed E-state index contributed by atoms with van der Waals surface area (Å²) in [5, 5.41) is 18.0. The first kappa shape index (κ1) is 16.0. The highest BCUT2D eigenvalue weighted by molar-refractivity contribution is 5.75. The molecule has 8 heteroatoms. The molecule has 0 saturated carbocycles. The molecule has 0 saturated heterocycles. The lowest BCUT2D eigenvalue weighted by atomic mass is 10.0. The van der Waals surface area contributed by atoms with Crippen molar-refractivity contribution in [1.82, 2.24) is 0 Å². The third kappa shape index (κ3) is 4.54. The fourth-order valence-electron chi connectivity index (χ4n) is 1.53. The summed E-state index contributed by atoms with van der Waals surface area (Å²) in [5.41, 5.74) is -0.151. The summed E-state index contributed by atoms with van der Waals surface area (Å²) in [5.74, 6) is -2.49. The summed E-state index contributed by atoms with van der Waals surface area (Å²) in [4.78, 5) is 20.9. The minimum absolute atomic E-state index is 0.103. The number of hydrogen-bond donors (Lipinski definition) is 2. The molecular formula is C12H11F3O5. The van der Waals surface area contributed by atoms with Gasteiger partial charge in [0, 0.05) is 12.0 Å². The summed E-state index contributed by atoms with van der Waals surface area (Å²) in [6, 6.07) is 3.31. The number of aliphatic hydroxyl groups is 1. The summed E-state index contributed by atoms with van der Waals surface area (Å²) in [6.45, 7) is 0. The number of carboxylic acids is 1. The van der Waals surface area contributed by atoms with E-state index < -0.39 is 29.7 Å². The van der Waals surface area contributed by atoms with E-state index in [0.717, 1.165) is 12.1 Å². The highest BCUT2D eigenvalue weighted by Gasteiger charge is 2.34. The molecule has 5 nitrogen and oxygen atoms in total. The molecular weight excluding hydrogens is 281 g/mol. The van der Waals surface area contributed by atoms with Crippen molar-refractivity contribution in [3.05, 3.63) is 29.3 Å². The minimum Gasteiger partial charge on any atom is -0.479 e. The van der Waals surface area contributed by atoms with Gasteiger partial charge in [-0.05, 0) is 18.1 Å². The molecule has 1 atom stereocenters. The van der Waals surface area contributed by atoms with Gasteiger partial charge in [0.2, 0.25) is 0 Å². The van der Waals surface area contributed by atoms with Gasteiger partial charge in [0.05, 0.1) is 0 Å². The third-order valence-electron chi connectivity index (χ3n) is 2.38. The first-order valence-electron chi connectivity index (χ1n) is 5.47. The Kier molecular flexibility index (Phi) is 5.09. The van der Waals surface area contributed by atoms with Crippen LogP contribution in [0.4, 0.5) is 13.2 Å². The van der Waals surface area contributed by atoms with Gasteiger partial charge in [-0.15, -0.1) is 13.2 Å². The van der Waals surface area contributed by atoms with E-state index in [2.05, 4.69) is 4.74 Å². The molecule has 0 aliphatic rings. The van der Waals surface area contributed by atoms with Crippen LogP contribution in [0.3, 0.4) is 0 Å². The van der Waals surface area contributed by atoms with Crippen molar-refractivity contribution in [1.29, 1.82) is 0 Å². The van der Waals surface area contributed by atoms with Crippen LogP contribution in [0, 0.1) is 0 Å². The molecule has 0 aliphatic heterocycles. The number of aryl methyl sites for hydroxylation is 1. The Labute approximate surface area is 111 Å². The minimum atomic E-state index is -5.02. The number of ether oxygens (including phenoxy) is 1. The Morgan fingerprint density at radius 2 is 2.05 bits per heavy atom. The maximum Gasteiger partial charge on any atom is 0.573 e. The summed E-state index contributed by atoms with van der Waals surface area (Å²) >= 11 is 0. The number of halogens is 3. The number of carbonyl (C=O) groups is 2. The Hall–Kier alpha value is -2.09. The zero-order valence-corrected chi connectivity index (χ0v) is 10.1. The van der Waals surface area contributed by atoms with Crippen LogP contribution in [-0.2, 0) is 16.0 Å². The monoisotopic (exact) mass is 292 g/mol. The predicted molar refractivity (Wildman–Crippen MR) is 60.1 cm³/mol. The molecule has 0 bridgehead atoms. The number of carbonyl (C=O) groups excluding carboxylic acids is 1. The molecule has 1 aromatic rings. The van der Waals surface area contributed by atoms with E-state index in [4.69, 9.17) is 5.11 Å². The first-order valence-corrected chi connectivity index (χ1v) is 5.47. The largest absolute Gasteiger partial charge is 0.573 e. The second-order valence-electron chi connectivity index (χ2n) is 3.87. The van der Waals surface area contributed by atoms with Crippen molar-refractivity contribution >= 4 is 12.3 Å². The number of carboxylic acid groups (broad SMARTS) is 1. The molecule has 0 radical (unpaired) electrons. The van der Waals surface area contributed by atoms with Gasteiger partial charge < -0.3 is 19.7 Å². The molecule has 1 rings (SSSR count). The van der Waals surface area contributed by atoms with Crippen LogP contribution in [0.15, 0.2) is 18.2 Å². The number of aldehydes is 1. The molecule has 0 fully saturated rings. The molecule has 110 valence electrons. The van der Waals surface area contributed by atoms with Crippen LogP contribution in [0.1, 0.15) is 23.7 Å². The van der Waals surface area contributed by atoms with E-state index in [1.807, 2.05) is 0 Å². The smallest absolute Gasteiger partial charge is 0.479 e. The Morgan fingerprint density at radius 1 is 1.40 bits per heavy atom. The van der Waals surface area contributed by atoms with E-state index in [9.17, 15) is 27.9 Å². The van der Waals surface area contributed by atoms with Gasteiger partial charge in [-0.1, -0.05) is 12.1 Å². The van der Waals surface area contributed by atoms with Crippen LogP contribution in [0.2, 0.25) is 0 Å². The Balaban J connectivity index is 3.15. The quantitative estimate of drug-likeness (QED) is 0.781. The van der Waals surface area contributed by atoms with Gasteiger partial charge >= 0.3 is 12.3 Å².